The molecule has 0 aromatic heterocycles. The highest BCUT2D eigenvalue weighted by Gasteiger charge is 2.50. The molecule has 10 nitrogen and oxygen atoms in total. The molecule has 3 rings (SSSR count). The molecule has 3 atom stereocenters. The number of nitrogens with one attached hydrogen (secondary N) is 4. The summed E-state index contributed by atoms with van der Waals surface area (Å²) in [7, 11) is -3.79. The number of rotatable bonds is 9. The van der Waals surface area contributed by atoms with Crippen LogP contribution in [-0.2, 0) is 26.0 Å². The number of hydrogen-bond donors (Lipinski definition) is 5. The third kappa shape index (κ3) is 6.99. The van der Waals surface area contributed by atoms with Crippen LogP contribution in [0.4, 0.5) is 4.79 Å². The summed E-state index contributed by atoms with van der Waals surface area (Å²) in [6.45, 7) is 3.29. The van der Waals surface area contributed by atoms with Gasteiger partial charge in [0, 0.05) is 15.8 Å². The van der Waals surface area contributed by atoms with Gasteiger partial charge in [-0.25, -0.2) is 18.0 Å². The minimum atomic E-state index is -3.79. The number of halogens is 1. The van der Waals surface area contributed by atoms with Gasteiger partial charge in [-0.1, -0.05) is 46.3 Å². The summed E-state index contributed by atoms with van der Waals surface area (Å²) in [6.07, 6.45) is 0. The molecule has 0 aliphatic carbocycles. The van der Waals surface area contributed by atoms with Gasteiger partial charge in [0.05, 0.1) is 11.4 Å². The molecule has 36 heavy (non-hydrogen) atoms. The van der Waals surface area contributed by atoms with Gasteiger partial charge < -0.3 is 21.1 Å². The summed E-state index contributed by atoms with van der Waals surface area (Å²) < 4.78 is 25.0. The van der Waals surface area contributed by atoms with Crippen molar-refractivity contribution >= 4 is 55.4 Å². The Balaban J connectivity index is 1.58. The molecule has 194 valence electrons. The quantitative estimate of drug-likeness (QED) is 0.294. The molecule has 1 saturated heterocycles. The number of carbonyl (C=O) groups is 3. The van der Waals surface area contributed by atoms with E-state index in [9.17, 15) is 27.9 Å². The van der Waals surface area contributed by atoms with Gasteiger partial charge in [-0.3, -0.25) is 10.1 Å². The number of thioether (sulfide) groups is 1. The van der Waals surface area contributed by atoms with E-state index in [1.54, 1.807) is 32.0 Å². The van der Waals surface area contributed by atoms with Crippen molar-refractivity contribution in [1.29, 1.82) is 0 Å². The third-order valence-electron chi connectivity index (χ3n) is 5.47. The van der Waals surface area contributed by atoms with Gasteiger partial charge in [-0.2, -0.15) is 0 Å². The molecule has 2 aromatic carbocycles. The number of hydrogen-bond acceptors (Lipinski definition) is 7. The van der Waals surface area contributed by atoms with Crippen molar-refractivity contribution in [3.63, 3.8) is 0 Å². The van der Waals surface area contributed by atoms with Crippen molar-refractivity contribution in [2.75, 3.05) is 6.54 Å². The maximum atomic E-state index is 13.0. The number of amides is 3. The number of benzene rings is 2. The number of carboxylic acid groups (broad SMARTS) is 1. The fourth-order valence-corrected chi connectivity index (χ4v) is 7.50. The van der Waals surface area contributed by atoms with Gasteiger partial charge in [0.25, 0.3) is 0 Å². The Labute approximate surface area is 222 Å². The predicted octanol–water partition coefficient (Wildman–Crippen LogP) is 2.06. The Morgan fingerprint density at radius 1 is 1.08 bits per heavy atom. The van der Waals surface area contributed by atoms with Crippen molar-refractivity contribution in [2.45, 2.75) is 46.8 Å². The van der Waals surface area contributed by atoms with E-state index in [2.05, 4.69) is 37.2 Å². The molecule has 0 saturated carbocycles. The van der Waals surface area contributed by atoms with Gasteiger partial charge in [0.1, 0.15) is 12.1 Å². The smallest absolute Gasteiger partial charge is 0.328 e. The van der Waals surface area contributed by atoms with E-state index in [0.717, 1.165) is 21.8 Å². The van der Waals surface area contributed by atoms with Crippen LogP contribution in [0, 0.1) is 0 Å². The predicted molar refractivity (Wildman–Crippen MR) is 140 cm³/mol. The normalized spacial score (nSPS) is 19.8. The minimum Gasteiger partial charge on any atom is -0.480 e. The van der Waals surface area contributed by atoms with Crippen molar-refractivity contribution in [1.82, 2.24) is 21.3 Å². The van der Waals surface area contributed by atoms with Gasteiger partial charge in [0.15, 0.2) is 4.71 Å². The first-order valence-electron chi connectivity index (χ1n) is 10.9. The van der Waals surface area contributed by atoms with Crippen LogP contribution in [0.5, 0.6) is 0 Å². The number of carbonyl (C=O) groups excluding carboxylic acids is 2. The van der Waals surface area contributed by atoms with Gasteiger partial charge in [-0.05, 0) is 43.7 Å². The first-order chi connectivity index (χ1) is 16.9. The zero-order valence-corrected chi connectivity index (χ0v) is 22.7. The standard InChI is InChI=1S/C23H27BrN4O6S2/c1-23(2)18(28-22(35-23)36(33,34)16-6-4-3-5-7-16)19(29)27-17(20(30)31)13-26-21(32)25-12-14-8-10-15(24)11-9-14/h3-11,17-18,22,28H,12-13H2,1-2H3,(H,27,29)(H,30,31)(H2,25,26,32). The number of aliphatic carboxylic acids is 1. The van der Waals surface area contributed by atoms with Crippen molar-refractivity contribution < 1.29 is 27.9 Å². The monoisotopic (exact) mass is 598 g/mol. The Morgan fingerprint density at radius 2 is 1.72 bits per heavy atom. The Morgan fingerprint density at radius 3 is 2.33 bits per heavy atom. The number of sulfone groups is 1. The molecule has 0 bridgehead atoms. The van der Waals surface area contributed by atoms with Crippen LogP contribution in [0.2, 0.25) is 0 Å². The van der Waals surface area contributed by atoms with Crippen LogP contribution < -0.4 is 21.3 Å². The first-order valence-corrected chi connectivity index (χ1v) is 14.1. The largest absolute Gasteiger partial charge is 0.480 e. The summed E-state index contributed by atoms with van der Waals surface area (Å²) in [5.74, 6) is -2.02. The van der Waals surface area contributed by atoms with Crippen LogP contribution in [0.3, 0.4) is 0 Å². The molecule has 0 spiro atoms. The molecule has 1 fully saturated rings. The highest BCUT2D eigenvalue weighted by Crippen LogP contribution is 2.41. The Kier molecular flexibility index (Phi) is 9.03. The maximum Gasteiger partial charge on any atom is 0.328 e. The SMILES string of the molecule is CC1(C)SC(S(=O)(=O)c2ccccc2)NC1C(=O)NC(CNC(=O)NCc1ccc(Br)cc1)C(=O)O. The lowest BCUT2D eigenvalue weighted by atomic mass is 10.0. The Hall–Kier alpha value is -2.61. The van der Waals surface area contributed by atoms with Gasteiger partial charge >= 0.3 is 12.0 Å². The van der Waals surface area contributed by atoms with E-state index in [1.165, 1.54) is 12.1 Å². The van der Waals surface area contributed by atoms with E-state index in [1.807, 2.05) is 24.3 Å². The van der Waals surface area contributed by atoms with Crippen LogP contribution in [0.15, 0.2) is 64.0 Å². The second-order valence-electron chi connectivity index (χ2n) is 8.60. The molecule has 3 unspecified atom stereocenters. The fraction of sp³-hybridized carbons (Fsp3) is 0.348. The average Bonchev–Trinajstić information content (AvgIpc) is 3.17. The Bertz CT molecular complexity index is 1210. The molecule has 13 heteroatoms. The molecule has 3 amide bonds. The van der Waals surface area contributed by atoms with Crippen LogP contribution in [0.25, 0.3) is 0 Å². The topological polar surface area (TPSA) is 154 Å². The molecule has 1 heterocycles. The van der Waals surface area contributed by atoms with E-state index in [0.29, 0.717) is 0 Å². The summed E-state index contributed by atoms with van der Waals surface area (Å²) in [5.41, 5.74) is 0.850. The summed E-state index contributed by atoms with van der Waals surface area (Å²) >= 11 is 4.40. The number of carboxylic acids is 1. The maximum absolute atomic E-state index is 13.0. The zero-order valence-electron chi connectivity index (χ0n) is 19.5. The molecular weight excluding hydrogens is 572 g/mol. The van der Waals surface area contributed by atoms with Crippen molar-refractivity contribution in [3.05, 3.63) is 64.6 Å². The van der Waals surface area contributed by atoms with Gasteiger partial charge in [0.2, 0.25) is 15.7 Å². The molecule has 0 radical (unpaired) electrons. The van der Waals surface area contributed by atoms with Gasteiger partial charge in [-0.15, -0.1) is 11.8 Å². The fourth-order valence-electron chi connectivity index (χ4n) is 3.49. The summed E-state index contributed by atoms with van der Waals surface area (Å²) in [5, 5.41) is 19.9. The van der Waals surface area contributed by atoms with Crippen molar-refractivity contribution in [2.24, 2.45) is 0 Å². The molecule has 5 N–H and O–H groups in total. The minimum absolute atomic E-state index is 0.119. The van der Waals surface area contributed by atoms with Crippen LogP contribution in [-0.4, -0.2) is 59.5 Å². The van der Waals surface area contributed by atoms with E-state index < -0.39 is 49.3 Å². The lowest BCUT2D eigenvalue weighted by Gasteiger charge is -2.25. The third-order valence-corrected chi connectivity index (χ3v) is 9.87. The molecule has 2 aromatic rings. The second kappa shape index (κ2) is 11.6. The highest BCUT2D eigenvalue weighted by molar-refractivity contribution is 9.10. The highest BCUT2D eigenvalue weighted by atomic mass is 79.9. The van der Waals surface area contributed by atoms with E-state index in [4.69, 9.17) is 0 Å². The average molecular weight is 600 g/mol. The number of urea groups is 1. The lowest BCUT2D eigenvalue weighted by Crippen LogP contribution is -2.57. The molecular formula is C23H27BrN4O6S2. The van der Waals surface area contributed by atoms with Crippen LogP contribution in [0.1, 0.15) is 19.4 Å². The van der Waals surface area contributed by atoms with E-state index >= 15 is 0 Å². The molecule has 1 aliphatic rings. The van der Waals surface area contributed by atoms with Crippen LogP contribution >= 0.6 is 27.7 Å². The summed E-state index contributed by atoms with van der Waals surface area (Å²) in [6, 6.07) is 12.2. The van der Waals surface area contributed by atoms with E-state index in [-0.39, 0.29) is 18.0 Å². The molecule has 1 aliphatic heterocycles. The van der Waals surface area contributed by atoms with Crippen molar-refractivity contribution in [3.8, 4) is 0 Å². The zero-order chi connectivity index (χ0) is 26.5. The second-order valence-corrected chi connectivity index (χ2v) is 13.6. The summed E-state index contributed by atoms with van der Waals surface area (Å²) in [4.78, 5) is 37.0. The first kappa shape index (κ1) is 28.0. The lowest BCUT2D eigenvalue weighted by molar-refractivity contribution is -0.142.